The van der Waals surface area contributed by atoms with E-state index in [1.54, 1.807) is 0 Å². The van der Waals surface area contributed by atoms with Crippen molar-refractivity contribution in [2.75, 3.05) is 13.1 Å². The summed E-state index contributed by atoms with van der Waals surface area (Å²) in [5, 5.41) is 2.99. The first-order valence-electron chi connectivity index (χ1n) is 7.24. The largest absolute Gasteiger partial charge is 0.352 e. The summed E-state index contributed by atoms with van der Waals surface area (Å²) in [5.41, 5.74) is -0.701. The monoisotopic (exact) mass is 252 g/mol. The molecule has 0 heterocycles. The van der Waals surface area contributed by atoms with Crippen molar-refractivity contribution in [1.82, 2.24) is 10.2 Å². The summed E-state index contributed by atoms with van der Waals surface area (Å²) >= 11 is 0. The average Bonchev–Trinajstić information content (AvgIpc) is 3.21. The van der Waals surface area contributed by atoms with Crippen molar-refractivity contribution in [2.24, 2.45) is 5.41 Å². The van der Waals surface area contributed by atoms with E-state index in [4.69, 9.17) is 0 Å². The molecule has 0 aromatic rings. The maximum Gasteiger partial charge on any atom is 0.238 e. The van der Waals surface area contributed by atoms with E-state index >= 15 is 0 Å². The van der Waals surface area contributed by atoms with Gasteiger partial charge in [-0.25, -0.2) is 0 Å². The Morgan fingerprint density at radius 1 is 1.17 bits per heavy atom. The molecule has 2 aliphatic rings. The highest BCUT2D eigenvalue weighted by Crippen LogP contribution is 2.48. The Morgan fingerprint density at radius 3 is 2.11 bits per heavy atom. The molecule has 0 aliphatic heterocycles. The SMILES string of the molecule is CCCN(CCC)C(=O)C1(C(=O)NC2CC2)CC1. The van der Waals surface area contributed by atoms with Crippen molar-refractivity contribution in [3.63, 3.8) is 0 Å². The second-order valence-corrected chi connectivity index (χ2v) is 5.62. The van der Waals surface area contributed by atoms with Crippen LogP contribution in [0.15, 0.2) is 0 Å². The minimum absolute atomic E-state index is 0.0211. The van der Waals surface area contributed by atoms with Gasteiger partial charge in [-0.3, -0.25) is 9.59 Å². The van der Waals surface area contributed by atoms with Gasteiger partial charge in [0.15, 0.2) is 0 Å². The fourth-order valence-electron chi connectivity index (χ4n) is 2.37. The highest BCUT2D eigenvalue weighted by atomic mass is 16.2. The van der Waals surface area contributed by atoms with Gasteiger partial charge in [0.05, 0.1) is 0 Å². The van der Waals surface area contributed by atoms with Gasteiger partial charge in [-0.15, -0.1) is 0 Å². The quantitative estimate of drug-likeness (QED) is 0.701. The van der Waals surface area contributed by atoms with Crippen molar-refractivity contribution >= 4 is 11.8 Å². The summed E-state index contributed by atoms with van der Waals surface area (Å²) in [6.45, 7) is 5.68. The molecular weight excluding hydrogens is 228 g/mol. The van der Waals surface area contributed by atoms with Crippen LogP contribution >= 0.6 is 0 Å². The van der Waals surface area contributed by atoms with Crippen molar-refractivity contribution in [3.05, 3.63) is 0 Å². The normalized spacial score (nSPS) is 20.3. The summed E-state index contributed by atoms with van der Waals surface area (Å²) in [6, 6.07) is 0.341. The standard InChI is InChI=1S/C14H24N2O2/c1-3-9-16(10-4-2)13(18)14(7-8-14)12(17)15-11-5-6-11/h11H,3-10H2,1-2H3,(H,15,17). The minimum atomic E-state index is -0.701. The Morgan fingerprint density at radius 2 is 1.72 bits per heavy atom. The van der Waals surface area contributed by atoms with E-state index in [0.29, 0.717) is 6.04 Å². The minimum Gasteiger partial charge on any atom is -0.352 e. The molecule has 0 unspecified atom stereocenters. The molecule has 4 nitrogen and oxygen atoms in total. The highest BCUT2D eigenvalue weighted by molar-refractivity contribution is 6.08. The van der Waals surface area contributed by atoms with E-state index in [9.17, 15) is 9.59 Å². The summed E-state index contributed by atoms with van der Waals surface area (Å²) in [6.07, 6.45) is 5.51. The number of hydrogen-bond donors (Lipinski definition) is 1. The molecule has 2 fully saturated rings. The molecule has 0 saturated heterocycles. The van der Waals surface area contributed by atoms with Gasteiger partial charge >= 0.3 is 0 Å². The molecule has 2 aliphatic carbocycles. The summed E-state index contributed by atoms with van der Waals surface area (Å²) in [4.78, 5) is 26.6. The molecule has 0 aromatic carbocycles. The number of carbonyl (C=O) groups is 2. The first kappa shape index (κ1) is 13.4. The molecule has 2 saturated carbocycles. The van der Waals surface area contributed by atoms with Crippen LogP contribution in [0.1, 0.15) is 52.4 Å². The van der Waals surface area contributed by atoms with E-state index in [2.05, 4.69) is 19.2 Å². The number of hydrogen-bond acceptors (Lipinski definition) is 2. The van der Waals surface area contributed by atoms with Crippen molar-refractivity contribution < 1.29 is 9.59 Å². The maximum atomic E-state index is 12.5. The Labute approximate surface area is 109 Å². The molecule has 2 amide bonds. The number of carbonyl (C=O) groups excluding carboxylic acids is 2. The van der Waals surface area contributed by atoms with Gasteiger partial charge in [0.2, 0.25) is 11.8 Å². The fraction of sp³-hybridized carbons (Fsp3) is 0.857. The van der Waals surface area contributed by atoms with Gasteiger partial charge in [0, 0.05) is 19.1 Å². The molecule has 18 heavy (non-hydrogen) atoms. The van der Waals surface area contributed by atoms with E-state index < -0.39 is 5.41 Å². The lowest BCUT2D eigenvalue weighted by Gasteiger charge is -2.26. The zero-order valence-electron chi connectivity index (χ0n) is 11.5. The van der Waals surface area contributed by atoms with Crippen molar-refractivity contribution in [1.29, 1.82) is 0 Å². The van der Waals surface area contributed by atoms with Crippen LogP contribution in [-0.2, 0) is 9.59 Å². The molecule has 102 valence electrons. The van der Waals surface area contributed by atoms with Crippen LogP contribution in [0.2, 0.25) is 0 Å². The molecule has 0 spiro atoms. The van der Waals surface area contributed by atoms with Crippen LogP contribution in [0.25, 0.3) is 0 Å². The Hall–Kier alpha value is -1.06. The van der Waals surface area contributed by atoms with Crippen LogP contribution in [0, 0.1) is 5.41 Å². The van der Waals surface area contributed by atoms with Gasteiger partial charge in [0.25, 0.3) is 0 Å². The van der Waals surface area contributed by atoms with E-state index in [0.717, 1.165) is 51.6 Å². The van der Waals surface area contributed by atoms with E-state index in [1.165, 1.54) is 0 Å². The van der Waals surface area contributed by atoms with Gasteiger partial charge in [-0.2, -0.15) is 0 Å². The Kier molecular flexibility index (Phi) is 3.93. The first-order valence-corrected chi connectivity index (χ1v) is 7.24. The van der Waals surface area contributed by atoms with E-state index in [-0.39, 0.29) is 11.8 Å². The average molecular weight is 252 g/mol. The van der Waals surface area contributed by atoms with Gasteiger partial charge < -0.3 is 10.2 Å². The highest BCUT2D eigenvalue weighted by Gasteiger charge is 2.58. The predicted octanol–water partition coefficient (Wildman–Crippen LogP) is 1.69. The molecule has 0 bridgehead atoms. The summed E-state index contributed by atoms with van der Waals surface area (Å²) < 4.78 is 0. The molecule has 0 radical (unpaired) electrons. The van der Waals surface area contributed by atoms with Crippen LogP contribution in [0.5, 0.6) is 0 Å². The van der Waals surface area contributed by atoms with Crippen LogP contribution < -0.4 is 5.32 Å². The number of rotatable bonds is 7. The molecule has 0 atom stereocenters. The molecule has 1 N–H and O–H groups in total. The molecule has 4 heteroatoms. The smallest absolute Gasteiger partial charge is 0.238 e. The summed E-state index contributed by atoms with van der Waals surface area (Å²) in [7, 11) is 0. The number of nitrogens with one attached hydrogen (secondary N) is 1. The molecule has 0 aromatic heterocycles. The molecule has 2 rings (SSSR count). The third kappa shape index (κ3) is 2.68. The van der Waals surface area contributed by atoms with Crippen LogP contribution in [0.3, 0.4) is 0 Å². The van der Waals surface area contributed by atoms with Crippen LogP contribution in [0.4, 0.5) is 0 Å². The number of amides is 2. The lowest BCUT2D eigenvalue weighted by molar-refractivity contribution is -0.144. The second kappa shape index (κ2) is 5.29. The third-order valence-corrected chi connectivity index (χ3v) is 3.78. The Bertz CT molecular complexity index is 327. The first-order chi connectivity index (χ1) is 8.64. The maximum absolute atomic E-state index is 12.5. The zero-order chi connectivity index (χ0) is 13.2. The van der Waals surface area contributed by atoms with Crippen molar-refractivity contribution in [2.45, 2.75) is 58.4 Å². The lowest BCUT2D eigenvalue weighted by Crippen LogP contribution is -2.46. The van der Waals surface area contributed by atoms with Gasteiger partial charge in [0.1, 0.15) is 5.41 Å². The second-order valence-electron chi connectivity index (χ2n) is 5.62. The number of nitrogens with zero attached hydrogens (tertiary/aromatic N) is 1. The van der Waals surface area contributed by atoms with Gasteiger partial charge in [-0.1, -0.05) is 13.8 Å². The lowest BCUT2D eigenvalue weighted by atomic mass is 10.0. The van der Waals surface area contributed by atoms with Crippen LogP contribution in [-0.4, -0.2) is 35.8 Å². The third-order valence-electron chi connectivity index (χ3n) is 3.78. The zero-order valence-corrected chi connectivity index (χ0v) is 11.5. The Balaban J connectivity index is 1.98. The summed E-state index contributed by atoms with van der Waals surface area (Å²) in [5.74, 6) is 0.0385. The fourth-order valence-corrected chi connectivity index (χ4v) is 2.37. The molecular formula is C14H24N2O2. The topological polar surface area (TPSA) is 49.4 Å². The van der Waals surface area contributed by atoms with Crippen molar-refractivity contribution in [3.8, 4) is 0 Å². The van der Waals surface area contributed by atoms with Gasteiger partial charge in [-0.05, 0) is 38.5 Å². The van der Waals surface area contributed by atoms with E-state index in [1.807, 2.05) is 4.90 Å². The predicted molar refractivity (Wildman–Crippen MR) is 70.0 cm³/mol.